The largest absolute Gasteiger partial charge is 0.489 e. The van der Waals surface area contributed by atoms with Crippen molar-refractivity contribution in [2.45, 2.75) is 6.42 Å². The summed E-state index contributed by atoms with van der Waals surface area (Å²) in [5.41, 5.74) is 2.50. The molecular weight excluding hydrogens is 318 g/mol. The summed E-state index contributed by atoms with van der Waals surface area (Å²) in [5, 5.41) is 0. The van der Waals surface area contributed by atoms with Gasteiger partial charge in [-0.25, -0.2) is 0 Å². The van der Waals surface area contributed by atoms with Gasteiger partial charge in [0.1, 0.15) is 12.4 Å². The normalized spacial score (nSPS) is 21.6. The molecule has 0 bridgehead atoms. The van der Waals surface area contributed by atoms with E-state index in [-0.39, 0.29) is 0 Å². The molecule has 108 valence electrons. The number of rotatable bonds is 4. The Bertz CT molecular complexity index is 509. The van der Waals surface area contributed by atoms with Crippen LogP contribution >= 0.6 is 15.9 Å². The zero-order valence-corrected chi connectivity index (χ0v) is 13.4. The standard InChI is InChI=1S/C16H20BrNO2/c1-18(8-12-4-5-19-10-12)9-13-6-14-7-15(17)2-3-16(14)20-11-13/h2-3,6-7,12H,4-5,8-11H2,1H3/t12-/m1/s1. The maximum atomic E-state index is 5.82. The molecule has 0 spiro atoms. The highest BCUT2D eigenvalue weighted by atomic mass is 79.9. The van der Waals surface area contributed by atoms with Crippen LogP contribution in [0.3, 0.4) is 0 Å². The SMILES string of the molecule is CN(CC1=Cc2cc(Br)ccc2OC1)C[C@H]1CCOC1. The Balaban J connectivity index is 1.62. The van der Waals surface area contributed by atoms with E-state index in [1.807, 2.05) is 12.1 Å². The Kier molecular flexibility index (Phi) is 4.44. The van der Waals surface area contributed by atoms with Gasteiger partial charge in [-0.2, -0.15) is 0 Å². The van der Waals surface area contributed by atoms with Crippen molar-refractivity contribution in [2.75, 3.05) is 40.0 Å². The van der Waals surface area contributed by atoms with E-state index in [0.717, 1.165) is 36.5 Å². The van der Waals surface area contributed by atoms with Crippen molar-refractivity contribution < 1.29 is 9.47 Å². The average molecular weight is 338 g/mol. The summed E-state index contributed by atoms with van der Waals surface area (Å²) in [6.45, 7) is 4.59. The molecule has 1 aromatic rings. The molecule has 1 fully saturated rings. The predicted octanol–water partition coefficient (Wildman–Crippen LogP) is 3.19. The van der Waals surface area contributed by atoms with Crippen molar-refractivity contribution in [3.8, 4) is 5.75 Å². The average Bonchev–Trinajstić information content (AvgIpc) is 2.91. The van der Waals surface area contributed by atoms with Crippen molar-refractivity contribution in [3.63, 3.8) is 0 Å². The molecule has 3 nitrogen and oxygen atoms in total. The van der Waals surface area contributed by atoms with Crippen LogP contribution in [0.25, 0.3) is 6.08 Å². The van der Waals surface area contributed by atoms with E-state index >= 15 is 0 Å². The van der Waals surface area contributed by atoms with E-state index in [4.69, 9.17) is 9.47 Å². The maximum Gasteiger partial charge on any atom is 0.127 e. The number of nitrogens with zero attached hydrogens (tertiary/aromatic N) is 1. The van der Waals surface area contributed by atoms with E-state index in [1.54, 1.807) is 0 Å². The third-order valence-electron chi connectivity index (χ3n) is 3.81. The molecule has 1 atom stereocenters. The van der Waals surface area contributed by atoms with Gasteiger partial charge >= 0.3 is 0 Å². The number of hydrogen-bond acceptors (Lipinski definition) is 3. The molecule has 0 N–H and O–H groups in total. The van der Waals surface area contributed by atoms with Gasteiger partial charge in [-0.3, -0.25) is 0 Å². The fraction of sp³-hybridized carbons (Fsp3) is 0.500. The minimum Gasteiger partial charge on any atom is -0.489 e. The van der Waals surface area contributed by atoms with E-state index in [9.17, 15) is 0 Å². The fourth-order valence-electron chi connectivity index (χ4n) is 2.87. The summed E-state index contributed by atoms with van der Waals surface area (Å²) in [7, 11) is 2.18. The van der Waals surface area contributed by atoms with E-state index in [1.165, 1.54) is 17.6 Å². The highest BCUT2D eigenvalue weighted by Crippen LogP contribution is 2.29. The second-order valence-electron chi connectivity index (χ2n) is 5.70. The number of likely N-dealkylation sites (N-methyl/N-ethyl adjacent to an activating group) is 1. The van der Waals surface area contributed by atoms with Gasteiger partial charge in [0.05, 0.1) is 6.61 Å². The second kappa shape index (κ2) is 6.29. The first-order chi connectivity index (χ1) is 9.70. The van der Waals surface area contributed by atoms with Gasteiger partial charge < -0.3 is 14.4 Å². The van der Waals surface area contributed by atoms with Gasteiger partial charge in [-0.05, 0) is 49.2 Å². The molecule has 4 heteroatoms. The van der Waals surface area contributed by atoms with E-state index in [0.29, 0.717) is 12.5 Å². The summed E-state index contributed by atoms with van der Waals surface area (Å²) in [4.78, 5) is 2.37. The first kappa shape index (κ1) is 14.1. The highest BCUT2D eigenvalue weighted by molar-refractivity contribution is 9.10. The molecule has 0 aromatic heterocycles. The third kappa shape index (κ3) is 3.43. The Morgan fingerprint density at radius 2 is 2.30 bits per heavy atom. The van der Waals surface area contributed by atoms with Crippen LogP contribution in [0.2, 0.25) is 0 Å². The molecule has 2 aliphatic heterocycles. The zero-order valence-electron chi connectivity index (χ0n) is 11.8. The molecule has 3 rings (SSSR count). The lowest BCUT2D eigenvalue weighted by molar-refractivity contribution is 0.175. The minimum absolute atomic E-state index is 0.687. The third-order valence-corrected chi connectivity index (χ3v) is 4.30. The molecular formula is C16H20BrNO2. The van der Waals surface area contributed by atoms with Crippen molar-refractivity contribution in [3.05, 3.63) is 33.8 Å². The van der Waals surface area contributed by atoms with E-state index < -0.39 is 0 Å². The lowest BCUT2D eigenvalue weighted by Crippen LogP contribution is -2.29. The van der Waals surface area contributed by atoms with Gasteiger partial charge in [0, 0.05) is 29.7 Å². The van der Waals surface area contributed by atoms with Crippen LogP contribution in [0.1, 0.15) is 12.0 Å². The summed E-state index contributed by atoms with van der Waals surface area (Å²) in [5.74, 6) is 1.66. The van der Waals surface area contributed by atoms with Crippen molar-refractivity contribution in [1.82, 2.24) is 4.90 Å². The Labute approximate surface area is 128 Å². The Morgan fingerprint density at radius 1 is 1.40 bits per heavy atom. The number of fused-ring (bicyclic) bond motifs is 1. The first-order valence-corrected chi connectivity index (χ1v) is 7.88. The predicted molar refractivity (Wildman–Crippen MR) is 84.0 cm³/mol. The lowest BCUT2D eigenvalue weighted by Gasteiger charge is -2.24. The van der Waals surface area contributed by atoms with Crippen LogP contribution in [0.4, 0.5) is 0 Å². The van der Waals surface area contributed by atoms with Gasteiger partial charge in [0.25, 0.3) is 0 Å². The smallest absolute Gasteiger partial charge is 0.127 e. The van der Waals surface area contributed by atoms with Crippen LogP contribution in [0.5, 0.6) is 5.75 Å². The number of benzene rings is 1. The summed E-state index contributed by atoms with van der Waals surface area (Å²) < 4.78 is 12.3. The van der Waals surface area contributed by atoms with Crippen LogP contribution in [0, 0.1) is 5.92 Å². The number of ether oxygens (including phenoxy) is 2. The molecule has 0 radical (unpaired) electrons. The number of hydrogen-bond donors (Lipinski definition) is 0. The van der Waals surface area contributed by atoms with Crippen LogP contribution < -0.4 is 4.74 Å². The molecule has 20 heavy (non-hydrogen) atoms. The number of halogens is 1. The maximum absolute atomic E-state index is 5.82. The van der Waals surface area contributed by atoms with Crippen LogP contribution in [0.15, 0.2) is 28.2 Å². The Hall–Kier alpha value is -0.840. The van der Waals surface area contributed by atoms with Gasteiger partial charge in [-0.1, -0.05) is 15.9 Å². The van der Waals surface area contributed by atoms with Crippen molar-refractivity contribution >= 4 is 22.0 Å². The highest BCUT2D eigenvalue weighted by Gasteiger charge is 2.19. The summed E-state index contributed by atoms with van der Waals surface area (Å²) in [6, 6.07) is 6.15. The molecule has 0 saturated carbocycles. The Morgan fingerprint density at radius 3 is 3.10 bits per heavy atom. The summed E-state index contributed by atoms with van der Waals surface area (Å²) in [6.07, 6.45) is 3.45. The van der Waals surface area contributed by atoms with Gasteiger partial charge in [0.2, 0.25) is 0 Å². The van der Waals surface area contributed by atoms with Gasteiger partial charge in [-0.15, -0.1) is 0 Å². The molecule has 2 heterocycles. The molecule has 2 aliphatic rings. The lowest BCUT2D eigenvalue weighted by atomic mass is 10.1. The minimum atomic E-state index is 0.687. The zero-order chi connectivity index (χ0) is 13.9. The molecule has 1 aromatic carbocycles. The molecule has 0 amide bonds. The van der Waals surface area contributed by atoms with Crippen LogP contribution in [-0.2, 0) is 4.74 Å². The quantitative estimate of drug-likeness (QED) is 0.842. The van der Waals surface area contributed by atoms with Crippen molar-refractivity contribution in [2.24, 2.45) is 5.92 Å². The molecule has 0 aliphatic carbocycles. The monoisotopic (exact) mass is 337 g/mol. The second-order valence-corrected chi connectivity index (χ2v) is 6.62. The molecule has 1 saturated heterocycles. The van der Waals surface area contributed by atoms with Crippen molar-refractivity contribution in [1.29, 1.82) is 0 Å². The molecule has 0 unspecified atom stereocenters. The van der Waals surface area contributed by atoms with E-state index in [2.05, 4.69) is 40.0 Å². The topological polar surface area (TPSA) is 21.7 Å². The summed E-state index contributed by atoms with van der Waals surface area (Å²) >= 11 is 3.51. The first-order valence-electron chi connectivity index (χ1n) is 7.09. The fourth-order valence-corrected chi connectivity index (χ4v) is 3.25. The van der Waals surface area contributed by atoms with Gasteiger partial charge in [0.15, 0.2) is 0 Å². The van der Waals surface area contributed by atoms with Crippen LogP contribution in [-0.4, -0.2) is 44.9 Å².